The minimum atomic E-state index is -0.740. The maximum atomic E-state index is 9.29. The van der Waals surface area contributed by atoms with E-state index in [1.165, 1.54) is 0 Å². The van der Waals surface area contributed by atoms with Crippen LogP contribution >= 0.6 is 0 Å². The number of nitrogens with one attached hydrogen (secondary N) is 1. The van der Waals surface area contributed by atoms with Gasteiger partial charge in [0.25, 0.3) is 0 Å². The highest BCUT2D eigenvalue weighted by Gasteiger charge is 2.07. The number of aryl methyl sites for hydroxylation is 2. The zero-order valence-corrected chi connectivity index (χ0v) is 10.7. The molecule has 1 atom stereocenters. The molecule has 3 N–H and O–H groups in total. The molecule has 1 heterocycles. The van der Waals surface area contributed by atoms with Crippen molar-refractivity contribution in [1.29, 1.82) is 0 Å². The lowest BCUT2D eigenvalue weighted by atomic mass is 10.2. The van der Waals surface area contributed by atoms with Crippen molar-refractivity contribution in [2.24, 2.45) is 7.05 Å². The molecule has 1 aromatic heterocycles. The van der Waals surface area contributed by atoms with E-state index >= 15 is 0 Å². The van der Waals surface area contributed by atoms with Gasteiger partial charge in [-0.05, 0) is 18.2 Å². The first-order valence-electron chi connectivity index (χ1n) is 6.13. The first kappa shape index (κ1) is 12.9. The summed E-state index contributed by atoms with van der Waals surface area (Å²) in [6.07, 6.45) is 0.160. The standard InChI is InChI=1S/C13H19N3O2/c1-3-13-15-11-6-9(14-7-10(18)8-17)4-5-12(11)16(13)2/h4-6,10,14,17-18H,3,7-8H2,1-2H3. The van der Waals surface area contributed by atoms with Crippen LogP contribution in [-0.2, 0) is 13.5 Å². The van der Waals surface area contributed by atoms with Gasteiger partial charge in [0.1, 0.15) is 5.82 Å². The molecule has 5 nitrogen and oxygen atoms in total. The number of anilines is 1. The molecular formula is C13H19N3O2. The van der Waals surface area contributed by atoms with Crippen LogP contribution in [0.5, 0.6) is 0 Å². The second kappa shape index (κ2) is 5.37. The second-order valence-electron chi connectivity index (χ2n) is 4.36. The predicted molar refractivity (Wildman–Crippen MR) is 71.7 cm³/mol. The van der Waals surface area contributed by atoms with Gasteiger partial charge in [-0.15, -0.1) is 0 Å². The SMILES string of the molecule is CCc1nc2cc(NCC(O)CO)ccc2n1C. The predicted octanol–water partition coefficient (Wildman–Crippen LogP) is 0.901. The van der Waals surface area contributed by atoms with Crippen LogP contribution in [0.15, 0.2) is 18.2 Å². The molecular weight excluding hydrogens is 230 g/mol. The van der Waals surface area contributed by atoms with Gasteiger partial charge in [0.05, 0.1) is 23.7 Å². The molecule has 0 fully saturated rings. The molecule has 0 spiro atoms. The lowest BCUT2D eigenvalue weighted by molar-refractivity contribution is 0.105. The number of aliphatic hydroxyl groups excluding tert-OH is 2. The number of aliphatic hydroxyl groups is 2. The Morgan fingerprint density at radius 1 is 1.44 bits per heavy atom. The monoisotopic (exact) mass is 249 g/mol. The Morgan fingerprint density at radius 2 is 2.22 bits per heavy atom. The van der Waals surface area contributed by atoms with Crippen LogP contribution in [0.25, 0.3) is 11.0 Å². The summed E-state index contributed by atoms with van der Waals surface area (Å²) in [6.45, 7) is 2.17. The number of imidazole rings is 1. The average molecular weight is 249 g/mol. The van der Waals surface area contributed by atoms with E-state index < -0.39 is 6.10 Å². The molecule has 0 bridgehead atoms. The van der Waals surface area contributed by atoms with E-state index in [1.807, 2.05) is 25.2 Å². The van der Waals surface area contributed by atoms with Gasteiger partial charge in [0, 0.05) is 25.7 Å². The normalized spacial score (nSPS) is 12.9. The van der Waals surface area contributed by atoms with Gasteiger partial charge < -0.3 is 20.1 Å². The summed E-state index contributed by atoms with van der Waals surface area (Å²) < 4.78 is 2.09. The minimum Gasteiger partial charge on any atom is -0.394 e. The Hall–Kier alpha value is -1.59. The minimum absolute atomic E-state index is 0.237. The van der Waals surface area contributed by atoms with E-state index in [0.717, 1.165) is 29.0 Å². The fourth-order valence-electron chi connectivity index (χ4n) is 1.98. The number of nitrogens with zero attached hydrogens (tertiary/aromatic N) is 2. The number of benzene rings is 1. The van der Waals surface area contributed by atoms with E-state index in [-0.39, 0.29) is 6.61 Å². The molecule has 1 aromatic carbocycles. The van der Waals surface area contributed by atoms with E-state index in [1.54, 1.807) is 0 Å². The van der Waals surface area contributed by atoms with Crippen molar-refractivity contribution in [2.45, 2.75) is 19.4 Å². The van der Waals surface area contributed by atoms with Crippen LogP contribution in [0.3, 0.4) is 0 Å². The summed E-state index contributed by atoms with van der Waals surface area (Å²) in [5, 5.41) is 21.1. The van der Waals surface area contributed by atoms with Crippen molar-refractivity contribution in [3.8, 4) is 0 Å². The van der Waals surface area contributed by atoms with E-state index in [2.05, 4.69) is 21.8 Å². The summed E-state index contributed by atoms with van der Waals surface area (Å²) in [6, 6.07) is 5.92. The summed E-state index contributed by atoms with van der Waals surface area (Å²) in [5.74, 6) is 1.05. The average Bonchev–Trinajstić information content (AvgIpc) is 2.72. The van der Waals surface area contributed by atoms with Gasteiger partial charge in [-0.25, -0.2) is 4.98 Å². The summed E-state index contributed by atoms with van der Waals surface area (Å²) in [7, 11) is 2.01. The Kier molecular flexibility index (Phi) is 3.84. The molecule has 2 aromatic rings. The third-order valence-corrected chi connectivity index (χ3v) is 3.04. The van der Waals surface area contributed by atoms with Crippen LogP contribution in [0.1, 0.15) is 12.7 Å². The van der Waals surface area contributed by atoms with Crippen LogP contribution in [-0.4, -0.2) is 39.0 Å². The van der Waals surface area contributed by atoms with Crippen molar-refractivity contribution in [2.75, 3.05) is 18.5 Å². The summed E-state index contributed by atoms with van der Waals surface area (Å²) >= 11 is 0. The number of hydrogen-bond donors (Lipinski definition) is 3. The van der Waals surface area contributed by atoms with Gasteiger partial charge in [0.2, 0.25) is 0 Å². The molecule has 0 aliphatic rings. The number of aromatic nitrogens is 2. The molecule has 0 aliphatic heterocycles. The van der Waals surface area contributed by atoms with Crippen LogP contribution in [0, 0.1) is 0 Å². The molecule has 0 amide bonds. The molecule has 5 heteroatoms. The highest BCUT2D eigenvalue weighted by molar-refractivity contribution is 5.80. The van der Waals surface area contributed by atoms with E-state index in [4.69, 9.17) is 5.11 Å². The van der Waals surface area contributed by atoms with Gasteiger partial charge >= 0.3 is 0 Å². The fourth-order valence-corrected chi connectivity index (χ4v) is 1.98. The molecule has 0 saturated carbocycles. The van der Waals surface area contributed by atoms with E-state index in [0.29, 0.717) is 6.54 Å². The van der Waals surface area contributed by atoms with Crippen molar-refractivity contribution >= 4 is 16.7 Å². The third kappa shape index (κ3) is 2.47. The van der Waals surface area contributed by atoms with Crippen molar-refractivity contribution in [1.82, 2.24) is 9.55 Å². The molecule has 0 radical (unpaired) electrons. The molecule has 18 heavy (non-hydrogen) atoms. The van der Waals surface area contributed by atoms with Gasteiger partial charge in [-0.3, -0.25) is 0 Å². The Bertz CT molecular complexity index is 536. The van der Waals surface area contributed by atoms with Gasteiger partial charge in [0.15, 0.2) is 0 Å². The van der Waals surface area contributed by atoms with E-state index in [9.17, 15) is 5.11 Å². The number of fused-ring (bicyclic) bond motifs is 1. The zero-order chi connectivity index (χ0) is 13.1. The quantitative estimate of drug-likeness (QED) is 0.736. The second-order valence-corrected chi connectivity index (χ2v) is 4.36. The number of rotatable bonds is 5. The Labute approximate surface area is 106 Å². The topological polar surface area (TPSA) is 70.3 Å². The zero-order valence-electron chi connectivity index (χ0n) is 10.7. The largest absolute Gasteiger partial charge is 0.394 e. The highest BCUT2D eigenvalue weighted by atomic mass is 16.3. The van der Waals surface area contributed by atoms with Crippen molar-refractivity contribution in [3.63, 3.8) is 0 Å². The molecule has 2 rings (SSSR count). The van der Waals surface area contributed by atoms with Crippen LogP contribution in [0.2, 0.25) is 0 Å². The van der Waals surface area contributed by atoms with Gasteiger partial charge in [-0.2, -0.15) is 0 Å². The molecule has 98 valence electrons. The maximum absolute atomic E-state index is 9.29. The van der Waals surface area contributed by atoms with Crippen molar-refractivity contribution in [3.05, 3.63) is 24.0 Å². The molecule has 0 saturated heterocycles. The lowest BCUT2D eigenvalue weighted by Gasteiger charge is -2.10. The fraction of sp³-hybridized carbons (Fsp3) is 0.462. The van der Waals surface area contributed by atoms with Gasteiger partial charge in [-0.1, -0.05) is 6.92 Å². The lowest BCUT2D eigenvalue weighted by Crippen LogP contribution is -2.22. The third-order valence-electron chi connectivity index (χ3n) is 3.04. The smallest absolute Gasteiger partial charge is 0.109 e. The van der Waals surface area contributed by atoms with Crippen LogP contribution < -0.4 is 5.32 Å². The summed E-state index contributed by atoms with van der Waals surface area (Å²) in [4.78, 5) is 4.55. The Morgan fingerprint density at radius 3 is 2.89 bits per heavy atom. The Balaban J connectivity index is 2.22. The van der Waals surface area contributed by atoms with Crippen molar-refractivity contribution < 1.29 is 10.2 Å². The highest BCUT2D eigenvalue weighted by Crippen LogP contribution is 2.19. The first-order chi connectivity index (χ1) is 8.65. The maximum Gasteiger partial charge on any atom is 0.109 e. The molecule has 0 aliphatic carbocycles. The van der Waals surface area contributed by atoms with Crippen LogP contribution in [0.4, 0.5) is 5.69 Å². The molecule has 1 unspecified atom stereocenters. The number of hydrogen-bond acceptors (Lipinski definition) is 4. The first-order valence-corrected chi connectivity index (χ1v) is 6.13. The summed E-state index contributed by atoms with van der Waals surface area (Å²) in [5.41, 5.74) is 2.94.